The number of aliphatic hydroxyl groups excluding tert-OH is 3. The maximum absolute atomic E-state index is 11.2. The van der Waals surface area contributed by atoms with Crippen molar-refractivity contribution in [2.24, 2.45) is 5.73 Å². The molecule has 7 atom stereocenters. The molecule has 0 radical (unpaired) electrons. The lowest BCUT2D eigenvalue weighted by atomic mass is 9.97. The van der Waals surface area contributed by atoms with Crippen LogP contribution in [0.5, 0.6) is 0 Å². The second-order valence-electron chi connectivity index (χ2n) is 4.99. The number of ether oxygens (including phenoxy) is 2. The van der Waals surface area contributed by atoms with Crippen molar-refractivity contribution >= 4 is 12.2 Å². The van der Waals surface area contributed by atoms with Gasteiger partial charge in [0.1, 0.15) is 30.6 Å². The van der Waals surface area contributed by atoms with Crippen molar-refractivity contribution in [3.63, 3.8) is 0 Å². The summed E-state index contributed by atoms with van der Waals surface area (Å²) >= 11 is 0. The van der Waals surface area contributed by atoms with Crippen LogP contribution < -0.4 is 11.1 Å². The second kappa shape index (κ2) is 7.78. The van der Waals surface area contributed by atoms with E-state index in [1.165, 1.54) is 13.8 Å². The zero-order valence-corrected chi connectivity index (χ0v) is 11.9. The van der Waals surface area contributed by atoms with E-state index in [0.717, 1.165) is 0 Å². The van der Waals surface area contributed by atoms with Crippen molar-refractivity contribution in [3.05, 3.63) is 0 Å². The zero-order valence-electron chi connectivity index (χ0n) is 11.9. The number of carbonyl (C=O) groups is 2. The largest absolute Gasteiger partial charge is 0.394 e. The molecule has 1 fully saturated rings. The Morgan fingerprint density at radius 1 is 1.48 bits per heavy atom. The Balaban J connectivity index is 2.87. The molecule has 1 amide bonds. The lowest BCUT2D eigenvalue weighted by molar-refractivity contribution is -0.280. The van der Waals surface area contributed by atoms with Crippen molar-refractivity contribution < 1.29 is 34.4 Å². The molecular weight excluding hydrogens is 284 g/mol. The first-order valence-corrected chi connectivity index (χ1v) is 6.57. The summed E-state index contributed by atoms with van der Waals surface area (Å²) < 4.78 is 10.8. The van der Waals surface area contributed by atoms with Gasteiger partial charge in [-0.25, -0.2) is 0 Å². The van der Waals surface area contributed by atoms with Crippen LogP contribution >= 0.6 is 0 Å². The molecule has 122 valence electrons. The normalized spacial score (nSPS) is 35.8. The van der Waals surface area contributed by atoms with Gasteiger partial charge in [0.25, 0.3) is 0 Å². The predicted octanol–water partition coefficient (Wildman–Crippen LogP) is -3.14. The molecule has 0 bridgehead atoms. The molecule has 21 heavy (non-hydrogen) atoms. The molecule has 1 heterocycles. The molecule has 0 unspecified atom stereocenters. The lowest BCUT2D eigenvalue weighted by Crippen LogP contribution is -2.65. The maximum Gasteiger partial charge on any atom is 0.217 e. The molecule has 1 aliphatic heterocycles. The van der Waals surface area contributed by atoms with Gasteiger partial charge < -0.3 is 40.6 Å². The molecular formula is C12H22N2O7. The van der Waals surface area contributed by atoms with E-state index in [-0.39, 0.29) is 0 Å². The van der Waals surface area contributed by atoms with Crippen LogP contribution in [0.15, 0.2) is 0 Å². The molecule has 0 aromatic rings. The first kappa shape index (κ1) is 18.0. The summed E-state index contributed by atoms with van der Waals surface area (Å²) in [5.41, 5.74) is 5.51. The molecule has 6 N–H and O–H groups in total. The van der Waals surface area contributed by atoms with Gasteiger partial charge in [-0.3, -0.25) is 4.79 Å². The minimum atomic E-state index is -1.40. The zero-order chi connectivity index (χ0) is 16.2. The fourth-order valence-corrected chi connectivity index (χ4v) is 2.00. The lowest BCUT2D eigenvalue weighted by Gasteiger charge is -2.43. The number of rotatable bonds is 6. The summed E-state index contributed by atoms with van der Waals surface area (Å²) in [5.74, 6) is -0.460. The summed E-state index contributed by atoms with van der Waals surface area (Å²) in [6.45, 7) is 2.21. The van der Waals surface area contributed by atoms with Crippen LogP contribution in [0.3, 0.4) is 0 Å². The Bertz CT molecular complexity index is 368. The highest BCUT2D eigenvalue weighted by Crippen LogP contribution is 2.23. The molecule has 0 aromatic heterocycles. The summed E-state index contributed by atoms with van der Waals surface area (Å²) in [6.07, 6.45) is -5.27. The van der Waals surface area contributed by atoms with Crippen LogP contribution in [-0.4, -0.2) is 76.9 Å². The third kappa shape index (κ3) is 4.43. The summed E-state index contributed by atoms with van der Waals surface area (Å²) in [7, 11) is 0. The average molecular weight is 306 g/mol. The first-order chi connectivity index (χ1) is 9.81. The van der Waals surface area contributed by atoms with E-state index in [1.807, 2.05) is 0 Å². The van der Waals surface area contributed by atoms with Crippen molar-refractivity contribution in [2.45, 2.75) is 56.6 Å². The third-order valence-corrected chi connectivity index (χ3v) is 3.30. The van der Waals surface area contributed by atoms with Crippen molar-refractivity contribution in [2.75, 3.05) is 6.61 Å². The van der Waals surface area contributed by atoms with E-state index in [9.17, 15) is 19.8 Å². The third-order valence-electron chi connectivity index (χ3n) is 3.30. The molecule has 1 aliphatic rings. The number of aldehydes is 1. The standard InChI is InChI=1S/C12H22N2O7/c1-5(7(13)3-15)20-12-9(14-6(2)17)11(19)10(18)8(4-16)21-12/h3,5,7-12,16,18-19H,4,13H2,1-2H3,(H,14,17)/t5-,7-,8-,9-,10+,11-,12+/m1/s1. The summed E-state index contributed by atoms with van der Waals surface area (Å²) in [4.78, 5) is 21.8. The molecule has 9 nitrogen and oxygen atoms in total. The Labute approximate surface area is 122 Å². The van der Waals surface area contributed by atoms with Crippen LogP contribution in [-0.2, 0) is 19.1 Å². The fraction of sp³-hybridized carbons (Fsp3) is 0.833. The number of carbonyl (C=O) groups excluding carboxylic acids is 2. The van der Waals surface area contributed by atoms with Gasteiger partial charge >= 0.3 is 0 Å². The van der Waals surface area contributed by atoms with Gasteiger partial charge in [-0.2, -0.15) is 0 Å². The van der Waals surface area contributed by atoms with E-state index in [1.54, 1.807) is 0 Å². The van der Waals surface area contributed by atoms with E-state index in [4.69, 9.17) is 20.3 Å². The highest BCUT2D eigenvalue weighted by molar-refractivity contribution is 5.73. The molecule has 1 rings (SSSR count). The smallest absolute Gasteiger partial charge is 0.217 e. The van der Waals surface area contributed by atoms with Gasteiger partial charge in [0, 0.05) is 6.92 Å². The average Bonchev–Trinajstić information content (AvgIpc) is 2.45. The van der Waals surface area contributed by atoms with E-state index < -0.39 is 55.3 Å². The Morgan fingerprint density at radius 3 is 2.57 bits per heavy atom. The van der Waals surface area contributed by atoms with Crippen molar-refractivity contribution in [1.29, 1.82) is 0 Å². The van der Waals surface area contributed by atoms with Crippen molar-refractivity contribution in [3.8, 4) is 0 Å². The van der Waals surface area contributed by atoms with Gasteiger partial charge in [-0.05, 0) is 6.92 Å². The summed E-state index contributed by atoms with van der Waals surface area (Å²) in [5, 5.41) is 31.4. The number of hydrogen-bond donors (Lipinski definition) is 5. The number of hydrogen-bond acceptors (Lipinski definition) is 8. The molecule has 0 aliphatic carbocycles. The molecule has 0 aromatic carbocycles. The van der Waals surface area contributed by atoms with Crippen LogP contribution in [0.2, 0.25) is 0 Å². The minimum absolute atomic E-state index is 0.460. The second-order valence-corrected chi connectivity index (χ2v) is 4.99. The quantitative estimate of drug-likeness (QED) is 0.323. The van der Waals surface area contributed by atoms with Crippen LogP contribution in [0.4, 0.5) is 0 Å². The first-order valence-electron chi connectivity index (χ1n) is 6.57. The maximum atomic E-state index is 11.2. The van der Waals surface area contributed by atoms with E-state index in [2.05, 4.69) is 5.32 Å². The SMILES string of the molecule is CC(=O)N[C@H]1[C@@H](O[C@H](C)[C@H](N)C=O)O[C@H](CO)[C@H](O)[C@@H]1O. The van der Waals surface area contributed by atoms with Gasteiger partial charge in [-0.1, -0.05) is 0 Å². The van der Waals surface area contributed by atoms with Gasteiger partial charge in [-0.15, -0.1) is 0 Å². The molecule has 1 saturated heterocycles. The topological polar surface area (TPSA) is 151 Å². The molecule has 9 heteroatoms. The minimum Gasteiger partial charge on any atom is -0.394 e. The van der Waals surface area contributed by atoms with Gasteiger partial charge in [0.2, 0.25) is 5.91 Å². The Kier molecular flexibility index (Phi) is 6.65. The van der Waals surface area contributed by atoms with E-state index in [0.29, 0.717) is 6.29 Å². The number of amides is 1. The highest BCUT2D eigenvalue weighted by Gasteiger charge is 2.46. The number of aliphatic hydroxyl groups is 3. The Morgan fingerprint density at radius 2 is 2.10 bits per heavy atom. The summed E-state index contributed by atoms with van der Waals surface area (Å²) in [6, 6.07) is -1.97. The number of nitrogens with one attached hydrogen (secondary N) is 1. The number of nitrogens with two attached hydrogens (primary N) is 1. The highest BCUT2D eigenvalue weighted by atomic mass is 16.7. The van der Waals surface area contributed by atoms with Crippen LogP contribution in [0.25, 0.3) is 0 Å². The predicted molar refractivity (Wildman–Crippen MR) is 70.0 cm³/mol. The molecule has 0 saturated carbocycles. The van der Waals surface area contributed by atoms with Crippen molar-refractivity contribution in [1.82, 2.24) is 5.32 Å². The van der Waals surface area contributed by atoms with Gasteiger partial charge in [0.05, 0.1) is 18.8 Å². The fourth-order valence-electron chi connectivity index (χ4n) is 2.00. The van der Waals surface area contributed by atoms with Crippen LogP contribution in [0, 0.1) is 0 Å². The van der Waals surface area contributed by atoms with Crippen LogP contribution in [0.1, 0.15) is 13.8 Å². The van der Waals surface area contributed by atoms with E-state index >= 15 is 0 Å². The monoisotopic (exact) mass is 306 g/mol. The Hall–Kier alpha value is -1.10. The molecule has 0 spiro atoms. The van der Waals surface area contributed by atoms with Gasteiger partial charge in [0.15, 0.2) is 6.29 Å².